The number of hydrogen-bond donors (Lipinski definition) is 1. The number of benzene rings is 1. The van der Waals surface area contributed by atoms with Crippen molar-refractivity contribution in [2.75, 3.05) is 6.54 Å². The van der Waals surface area contributed by atoms with E-state index in [4.69, 9.17) is 0 Å². The summed E-state index contributed by atoms with van der Waals surface area (Å²) in [6.45, 7) is 2.68. The average Bonchev–Trinajstić information content (AvgIpc) is 2.94. The van der Waals surface area contributed by atoms with E-state index in [1.807, 2.05) is 25.1 Å². The summed E-state index contributed by atoms with van der Waals surface area (Å²) in [5.74, 6) is -0.118. The van der Waals surface area contributed by atoms with Gasteiger partial charge >= 0.3 is 0 Å². The van der Waals surface area contributed by atoms with Gasteiger partial charge in [-0.3, -0.25) is 9.59 Å². The minimum absolute atomic E-state index is 0.0919. The number of fused-ring (bicyclic) bond motifs is 1. The van der Waals surface area contributed by atoms with Gasteiger partial charge in [0.05, 0.1) is 12.2 Å². The largest absolute Gasteiger partial charge is 0.350 e. The van der Waals surface area contributed by atoms with E-state index in [0.717, 1.165) is 36.1 Å². The van der Waals surface area contributed by atoms with E-state index >= 15 is 0 Å². The first-order valence-electron chi connectivity index (χ1n) is 7.59. The molecule has 5 heteroatoms. The summed E-state index contributed by atoms with van der Waals surface area (Å²) in [6, 6.07) is 9.12. The lowest BCUT2D eigenvalue weighted by molar-refractivity contribution is 0.0951. The monoisotopic (exact) mass is 297 g/mol. The number of rotatable bonds is 4. The Bertz CT molecular complexity index is 765. The van der Waals surface area contributed by atoms with E-state index in [-0.39, 0.29) is 11.5 Å². The number of carbonyl (C=O) groups is 1. The van der Waals surface area contributed by atoms with Gasteiger partial charge in [-0.05, 0) is 43.4 Å². The fraction of sp³-hybridized carbons (Fsp3) is 0.353. The van der Waals surface area contributed by atoms with Gasteiger partial charge in [-0.2, -0.15) is 5.10 Å². The number of nitrogens with zero attached hydrogens (tertiary/aromatic N) is 2. The molecule has 1 aromatic heterocycles. The van der Waals surface area contributed by atoms with Gasteiger partial charge in [0.1, 0.15) is 0 Å². The summed E-state index contributed by atoms with van der Waals surface area (Å²) in [4.78, 5) is 24.1. The fourth-order valence-corrected chi connectivity index (χ4v) is 2.80. The summed E-state index contributed by atoms with van der Waals surface area (Å²) in [5, 5.41) is 7.24. The highest BCUT2D eigenvalue weighted by molar-refractivity contribution is 5.95. The van der Waals surface area contributed by atoms with Crippen molar-refractivity contribution in [1.29, 1.82) is 0 Å². The predicted molar refractivity (Wildman–Crippen MR) is 84.0 cm³/mol. The standard InChI is InChI=1S/C17H19N3O2/c1-12-5-2-3-7-14(12)17(22)18-9-10-20-16(21)11-13-6-4-8-15(13)19-20/h2-3,5,7,11H,4,6,8-10H2,1H3,(H,18,22). The van der Waals surface area contributed by atoms with Crippen LogP contribution in [0.1, 0.15) is 33.6 Å². The van der Waals surface area contributed by atoms with E-state index < -0.39 is 0 Å². The van der Waals surface area contributed by atoms with Crippen LogP contribution < -0.4 is 10.9 Å². The Morgan fingerprint density at radius 1 is 1.32 bits per heavy atom. The first-order chi connectivity index (χ1) is 10.6. The van der Waals surface area contributed by atoms with Crippen molar-refractivity contribution in [3.05, 3.63) is 63.1 Å². The highest BCUT2D eigenvalue weighted by Gasteiger charge is 2.14. The lowest BCUT2D eigenvalue weighted by Crippen LogP contribution is -2.32. The Kier molecular flexibility index (Phi) is 4.04. The SMILES string of the molecule is Cc1ccccc1C(=O)NCCn1nc2c(cc1=O)CCC2. The summed E-state index contributed by atoms with van der Waals surface area (Å²) in [7, 11) is 0. The third kappa shape index (κ3) is 2.93. The maximum absolute atomic E-state index is 12.1. The van der Waals surface area contributed by atoms with Gasteiger partial charge < -0.3 is 5.32 Å². The Balaban J connectivity index is 1.63. The van der Waals surface area contributed by atoms with Crippen molar-refractivity contribution < 1.29 is 4.79 Å². The number of nitrogens with one attached hydrogen (secondary N) is 1. The number of hydrogen-bond acceptors (Lipinski definition) is 3. The zero-order valence-electron chi connectivity index (χ0n) is 12.6. The lowest BCUT2D eigenvalue weighted by atomic mass is 10.1. The molecule has 0 spiro atoms. The number of aryl methyl sites for hydroxylation is 3. The van der Waals surface area contributed by atoms with Crippen LogP contribution in [0.3, 0.4) is 0 Å². The Labute approximate surface area is 129 Å². The van der Waals surface area contributed by atoms with Crippen molar-refractivity contribution in [2.45, 2.75) is 32.7 Å². The maximum atomic E-state index is 12.1. The van der Waals surface area contributed by atoms with Gasteiger partial charge in [0.15, 0.2) is 0 Å². The van der Waals surface area contributed by atoms with Crippen LogP contribution in [0.25, 0.3) is 0 Å². The van der Waals surface area contributed by atoms with Gasteiger partial charge in [0.2, 0.25) is 0 Å². The van der Waals surface area contributed by atoms with Crippen LogP contribution in [0.2, 0.25) is 0 Å². The molecular formula is C17H19N3O2. The molecule has 0 unspecified atom stereocenters. The molecule has 0 radical (unpaired) electrons. The molecule has 0 atom stereocenters. The fourth-order valence-electron chi connectivity index (χ4n) is 2.80. The van der Waals surface area contributed by atoms with E-state index in [9.17, 15) is 9.59 Å². The molecule has 0 fully saturated rings. The molecule has 3 rings (SSSR count). The molecule has 22 heavy (non-hydrogen) atoms. The molecule has 1 amide bonds. The van der Waals surface area contributed by atoms with Crippen LogP contribution in [0.5, 0.6) is 0 Å². The Hall–Kier alpha value is -2.43. The molecule has 1 N–H and O–H groups in total. The van der Waals surface area contributed by atoms with Gasteiger partial charge in [-0.25, -0.2) is 4.68 Å². The summed E-state index contributed by atoms with van der Waals surface area (Å²) in [5.41, 5.74) is 3.60. The number of carbonyl (C=O) groups excluding carboxylic acids is 1. The van der Waals surface area contributed by atoms with Crippen molar-refractivity contribution in [1.82, 2.24) is 15.1 Å². The van der Waals surface area contributed by atoms with Crippen molar-refractivity contribution >= 4 is 5.91 Å². The zero-order valence-corrected chi connectivity index (χ0v) is 12.6. The zero-order chi connectivity index (χ0) is 15.5. The molecular weight excluding hydrogens is 278 g/mol. The third-order valence-electron chi connectivity index (χ3n) is 4.02. The van der Waals surface area contributed by atoms with Crippen LogP contribution in [-0.2, 0) is 19.4 Å². The van der Waals surface area contributed by atoms with Crippen LogP contribution in [-0.4, -0.2) is 22.2 Å². The second kappa shape index (κ2) is 6.13. The first kappa shape index (κ1) is 14.5. The number of aromatic nitrogens is 2. The lowest BCUT2D eigenvalue weighted by Gasteiger charge is -2.09. The van der Waals surface area contributed by atoms with Crippen molar-refractivity contribution in [3.63, 3.8) is 0 Å². The smallest absolute Gasteiger partial charge is 0.267 e. The minimum atomic E-state index is -0.118. The number of amides is 1. The molecule has 5 nitrogen and oxygen atoms in total. The molecule has 0 aliphatic heterocycles. The molecule has 114 valence electrons. The van der Waals surface area contributed by atoms with Gasteiger partial charge in [-0.1, -0.05) is 18.2 Å². The summed E-state index contributed by atoms with van der Waals surface area (Å²) in [6.07, 6.45) is 2.95. The molecule has 1 aliphatic rings. The molecule has 0 saturated heterocycles. The van der Waals surface area contributed by atoms with Crippen molar-refractivity contribution in [2.24, 2.45) is 0 Å². The average molecular weight is 297 g/mol. The highest BCUT2D eigenvalue weighted by atomic mass is 16.2. The quantitative estimate of drug-likeness (QED) is 0.929. The van der Waals surface area contributed by atoms with E-state index in [2.05, 4.69) is 10.4 Å². The van der Waals surface area contributed by atoms with E-state index in [1.165, 1.54) is 4.68 Å². The maximum Gasteiger partial charge on any atom is 0.267 e. The molecule has 1 heterocycles. The predicted octanol–water partition coefficient (Wildman–Crippen LogP) is 1.47. The van der Waals surface area contributed by atoms with Crippen LogP contribution in [0.15, 0.2) is 35.1 Å². The first-order valence-corrected chi connectivity index (χ1v) is 7.59. The molecule has 0 saturated carbocycles. The third-order valence-corrected chi connectivity index (χ3v) is 4.02. The van der Waals surface area contributed by atoms with Crippen LogP contribution in [0.4, 0.5) is 0 Å². The molecule has 1 aliphatic carbocycles. The molecule has 1 aromatic carbocycles. The second-order valence-electron chi connectivity index (χ2n) is 5.60. The van der Waals surface area contributed by atoms with Gasteiger partial charge in [-0.15, -0.1) is 0 Å². The second-order valence-corrected chi connectivity index (χ2v) is 5.60. The molecule has 0 bridgehead atoms. The van der Waals surface area contributed by atoms with E-state index in [1.54, 1.807) is 12.1 Å². The minimum Gasteiger partial charge on any atom is -0.350 e. The Morgan fingerprint density at radius 3 is 2.95 bits per heavy atom. The highest BCUT2D eigenvalue weighted by Crippen LogP contribution is 2.16. The van der Waals surface area contributed by atoms with Gasteiger partial charge in [0.25, 0.3) is 11.5 Å². The summed E-state index contributed by atoms with van der Waals surface area (Å²) < 4.78 is 1.45. The van der Waals surface area contributed by atoms with E-state index in [0.29, 0.717) is 18.7 Å². The summed E-state index contributed by atoms with van der Waals surface area (Å²) >= 11 is 0. The Morgan fingerprint density at radius 2 is 2.14 bits per heavy atom. The van der Waals surface area contributed by atoms with Gasteiger partial charge in [0, 0.05) is 18.2 Å². The normalized spacial score (nSPS) is 13.0. The molecule has 2 aromatic rings. The van der Waals surface area contributed by atoms with Crippen LogP contribution >= 0.6 is 0 Å². The van der Waals surface area contributed by atoms with Crippen molar-refractivity contribution in [3.8, 4) is 0 Å². The van der Waals surface area contributed by atoms with Crippen LogP contribution in [0, 0.1) is 6.92 Å². The topological polar surface area (TPSA) is 64.0 Å².